The molecule has 1 saturated heterocycles. The lowest BCUT2D eigenvalue weighted by molar-refractivity contribution is -0.122. The number of carbonyl (C=O) groups is 2. The number of nitriles is 1. The number of benzene rings is 1. The molecule has 0 N–H and O–H groups in total. The molecule has 0 radical (unpaired) electrons. The van der Waals surface area contributed by atoms with Crippen molar-refractivity contribution in [3.05, 3.63) is 77.4 Å². The van der Waals surface area contributed by atoms with Gasteiger partial charge in [-0.2, -0.15) is 9.57 Å². The molecule has 0 saturated carbocycles. The number of nitrogens with zero attached hydrogens (tertiary/aromatic N) is 4. The molecule has 156 valence electrons. The second kappa shape index (κ2) is 8.39. The van der Waals surface area contributed by atoms with Crippen LogP contribution in [0.15, 0.2) is 70.5 Å². The van der Waals surface area contributed by atoms with Gasteiger partial charge in [0.25, 0.3) is 15.9 Å². The molecular formula is C21H16N4O4S2. The summed E-state index contributed by atoms with van der Waals surface area (Å²) in [4.78, 5) is 31.0. The zero-order chi connectivity index (χ0) is 22.0. The van der Waals surface area contributed by atoms with Crippen LogP contribution in [0.2, 0.25) is 0 Å². The van der Waals surface area contributed by atoms with Crippen molar-refractivity contribution >= 4 is 38.9 Å². The third kappa shape index (κ3) is 3.98. The molecular weight excluding hydrogens is 436 g/mol. The molecule has 31 heavy (non-hydrogen) atoms. The van der Waals surface area contributed by atoms with E-state index in [4.69, 9.17) is 5.26 Å². The van der Waals surface area contributed by atoms with E-state index in [-0.39, 0.29) is 17.2 Å². The van der Waals surface area contributed by atoms with Gasteiger partial charge in [0.1, 0.15) is 10.3 Å². The molecule has 1 atom stereocenters. The summed E-state index contributed by atoms with van der Waals surface area (Å²) < 4.78 is 27.9. The summed E-state index contributed by atoms with van der Waals surface area (Å²) in [6, 6.07) is 13.3. The summed E-state index contributed by atoms with van der Waals surface area (Å²) in [5.74, 6) is -1.13. The maximum absolute atomic E-state index is 13.4. The van der Waals surface area contributed by atoms with Crippen LogP contribution in [0.5, 0.6) is 0 Å². The van der Waals surface area contributed by atoms with Gasteiger partial charge in [-0.1, -0.05) is 12.1 Å². The second-order valence-corrected chi connectivity index (χ2v) is 9.85. The van der Waals surface area contributed by atoms with Gasteiger partial charge >= 0.3 is 0 Å². The Kier molecular flexibility index (Phi) is 5.65. The van der Waals surface area contributed by atoms with Crippen LogP contribution in [0.3, 0.4) is 0 Å². The van der Waals surface area contributed by atoms with E-state index in [9.17, 15) is 18.0 Å². The first-order chi connectivity index (χ1) is 14.9. The number of sulfonamides is 1. The van der Waals surface area contributed by atoms with E-state index in [0.717, 1.165) is 20.5 Å². The van der Waals surface area contributed by atoms with Crippen LogP contribution in [-0.2, 0) is 26.2 Å². The Balaban J connectivity index is 1.72. The van der Waals surface area contributed by atoms with Gasteiger partial charge in [-0.25, -0.2) is 13.3 Å². The van der Waals surface area contributed by atoms with E-state index in [2.05, 4.69) is 4.98 Å². The summed E-state index contributed by atoms with van der Waals surface area (Å²) in [5, 5.41) is 10.6. The Hall–Kier alpha value is -3.39. The molecule has 1 unspecified atom stereocenters. The molecule has 1 aliphatic rings. The highest BCUT2D eigenvalue weighted by molar-refractivity contribution is 7.91. The van der Waals surface area contributed by atoms with Crippen LogP contribution in [-0.4, -0.2) is 35.6 Å². The normalized spacial score (nSPS) is 16.6. The van der Waals surface area contributed by atoms with Gasteiger partial charge in [-0.15, -0.1) is 11.3 Å². The van der Waals surface area contributed by atoms with Crippen molar-refractivity contribution in [2.75, 3.05) is 4.90 Å². The van der Waals surface area contributed by atoms with Crippen molar-refractivity contribution in [2.45, 2.75) is 23.2 Å². The average molecular weight is 453 g/mol. The van der Waals surface area contributed by atoms with Crippen molar-refractivity contribution < 1.29 is 18.0 Å². The highest BCUT2D eigenvalue weighted by atomic mass is 32.2. The molecule has 3 aromatic rings. The minimum Gasteiger partial charge on any atom is -0.274 e. The molecule has 1 aliphatic heterocycles. The molecule has 3 heterocycles. The van der Waals surface area contributed by atoms with Crippen molar-refractivity contribution in [2.24, 2.45) is 0 Å². The molecule has 0 bridgehead atoms. The fourth-order valence-electron chi connectivity index (χ4n) is 3.36. The van der Waals surface area contributed by atoms with Gasteiger partial charge in [0.2, 0.25) is 5.91 Å². The van der Waals surface area contributed by atoms with Gasteiger partial charge in [0, 0.05) is 18.9 Å². The molecule has 2 aromatic heterocycles. The lowest BCUT2D eigenvalue weighted by Gasteiger charge is -2.26. The van der Waals surface area contributed by atoms with Crippen molar-refractivity contribution in [3.63, 3.8) is 0 Å². The molecule has 2 amide bonds. The third-order valence-corrected chi connectivity index (χ3v) is 8.07. The smallest absolute Gasteiger partial charge is 0.253 e. The van der Waals surface area contributed by atoms with E-state index in [1.54, 1.807) is 29.8 Å². The topological polar surface area (TPSA) is 111 Å². The number of imide groups is 1. The molecule has 8 nitrogen and oxygen atoms in total. The van der Waals surface area contributed by atoms with Gasteiger partial charge in [0.05, 0.1) is 23.7 Å². The quantitative estimate of drug-likeness (QED) is 0.532. The van der Waals surface area contributed by atoms with Gasteiger partial charge < -0.3 is 0 Å². The second-order valence-electron chi connectivity index (χ2n) is 6.79. The number of hydrogen-bond donors (Lipinski definition) is 0. The molecule has 1 aromatic carbocycles. The maximum atomic E-state index is 13.4. The fourth-order valence-corrected chi connectivity index (χ4v) is 6.05. The Labute approximate surface area is 183 Å². The zero-order valence-corrected chi connectivity index (χ0v) is 17.7. The Morgan fingerprint density at radius 3 is 2.55 bits per heavy atom. The number of thiophene rings is 1. The molecule has 10 heteroatoms. The number of carbonyl (C=O) groups excluding carboxylic acids is 2. The van der Waals surface area contributed by atoms with Crippen molar-refractivity contribution in [1.29, 1.82) is 5.26 Å². The molecule has 0 aliphatic carbocycles. The van der Waals surface area contributed by atoms with E-state index in [0.29, 0.717) is 16.8 Å². The lowest BCUT2D eigenvalue weighted by atomic mass is 10.2. The third-order valence-electron chi connectivity index (χ3n) is 4.84. The summed E-state index contributed by atoms with van der Waals surface area (Å²) >= 11 is 1.05. The van der Waals surface area contributed by atoms with E-state index in [1.807, 2.05) is 6.07 Å². The largest absolute Gasteiger partial charge is 0.274 e. The summed E-state index contributed by atoms with van der Waals surface area (Å²) in [7, 11) is -4.03. The molecule has 0 spiro atoms. The van der Waals surface area contributed by atoms with E-state index in [1.165, 1.54) is 36.5 Å². The number of hydrogen-bond acceptors (Lipinski definition) is 7. The Bertz CT molecular complexity index is 1250. The first kappa shape index (κ1) is 20.9. The minimum atomic E-state index is -4.03. The standard InChI is InChI=1S/C21H16N4O4S2/c22-12-15-5-7-17(8-6-15)25-19(26)11-18(21(25)27)24(14-16-3-1-9-23-13-16)31(28,29)20-4-2-10-30-20/h1-10,13,18H,11,14H2. The van der Waals surface area contributed by atoms with Crippen LogP contribution >= 0.6 is 11.3 Å². The molecule has 1 fully saturated rings. The zero-order valence-electron chi connectivity index (χ0n) is 16.1. The number of anilines is 1. The maximum Gasteiger partial charge on any atom is 0.253 e. The van der Waals surface area contributed by atoms with Crippen LogP contribution in [0, 0.1) is 11.3 Å². The van der Waals surface area contributed by atoms with E-state index >= 15 is 0 Å². The van der Waals surface area contributed by atoms with Gasteiger partial charge in [-0.3, -0.25) is 14.6 Å². The van der Waals surface area contributed by atoms with Crippen LogP contribution in [0.1, 0.15) is 17.5 Å². The van der Waals surface area contributed by atoms with Gasteiger partial charge in [-0.05, 0) is 47.3 Å². The average Bonchev–Trinajstić information content (AvgIpc) is 3.42. The monoisotopic (exact) mass is 452 g/mol. The summed E-state index contributed by atoms with van der Waals surface area (Å²) in [6.45, 7) is -0.0982. The van der Waals surface area contributed by atoms with Crippen molar-refractivity contribution in [3.8, 4) is 6.07 Å². The number of amides is 2. The van der Waals surface area contributed by atoms with Crippen LogP contribution < -0.4 is 4.90 Å². The Morgan fingerprint density at radius 2 is 1.94 bits per heavy atom. The lowest BCUT2D eigenvalue weighted by Crippen LogP contribution is -2.44. The predicted octanol–water partition coefficient (Wildman–Crippen LogP) is 2.54. The SMILES string of the molecule is N#Cc1ccc(N2C(=O)CC(N(Cc3cccnc3)S(=O)(=O)c3cccs3)C2=O)cc1. The van der Waals surface area contributed by atoms with Crippen LogP contribution in [0.25, 0.3) is 0 Å². The van der Waals surface area contributed by atoms with Crippen LogP contribution in [0.4, 0.5) is 5.69 Å². The highest BCUT2D eigenvalue weighted by Gasteiger charge is 2.47. The number of pyridine rings is 1. The number of aromatic nitrogens is 1. The van der Waals surface area contributed by atoms with E-state index < -0.39 is 27.9 Å². The number of rotatable bonds is 6. The fraction of sp³-hybridized carbons (Fsp3) is 0.143. The molecule has 4 rings (SSSR count). The van der Waals surface area contributed by atoms with Crippen molar-refractivity contribution in [1.82, 2.24) is 9.29 Å². The highest BCUT2D eigenvalue weighted by Crippen LogP contribution is 2.31. The summed E-state index contributed by atoms with van der Waals surface area (Å²) in [5.41, 5.74) is 1.28. The predicted molar refractivity (Wildman–Crippen MR) is 113 cm³/mol. The van der Waals surface area contributed by atoms with Gasteiger partial charge in [0.15, 0.2) is 0 Å². The summed E-state index contributed by atoms with van der Waals surface area (Å²) in [6.07, 6.45) is 2.82. The Morgan fingerprint density at radius 1 is 1.16 bits per heavy atom. The first-order valence-corrected chi connectivity index (χ1v) is 11.5. The first-order valence-electron chi connectivity index (χ1n) is 9.23. The minimum absolute atomic E-state index is 0.0912.